The molecule has 2 aromatic carbocycles. The van der Waals surface area contributed by atoms with Gasteiger partial charge in [-0.2, -0.15) is 4.39 Å². The molecule has 0 aromatic heterocycles. The fourth-order valence-electron chi connectivity index (χ4n) is 1.58. The molecular weight excluding hydrogens is 368 g/mol. The molecule has 2 N–H and O–H groups in total. The Morgan fingerprint density at radius 1 is 1.14 bits per heavy atom. The molecule has 112 valence electrons. The molecule has 21 heavy (non-hydrogen) atoms. The third-order valence-corrected chi connectivity index (χ3v) is 4.16. The minimum atomic E-state index is -3.41. The average molecular weight is 378 g/mol. The van der Waals surface area contributed by atoms with E-state index in [1.165, 1.54) is 24.3 Å². The average Bonchev–Trinajstić information content (AvgIpc) is 2.36. The zero-order chi connectivity index (χ0) is 15.8. The Balaban J connectivity index is 2.42. The van der Waals surface area contributed by atoms with Gasteiger partial charge < -0.3 is 10.5 Å². The summed E-state index contributed by atoms with van der Waals surface area (Å²) >= 11 is 3.02. The third kappa shape index (κ3) is 3.51. The second-order valence-corrected chi connectivity index (χ2v) is 7.21. The van der Waals surface area contributed by atoms with Gasteiger partial charge in [-0.05, 0) is 30.3 Å². The highest BCUT2D eigenvalue weighted by molar-refractivity contribution is 9.10. The second-order valence-electron chi connectivity index (χ2n) is 4.27. The highest BCUT2D eigenvalue weighted by Crippen LogP contribution is 2.33. The number of nitrogen functional groups attached to an aromatic ring is 1. The van der Waals surface area contributed by atoms with Crippen LogP contribution in [0.15, 0.2) is 39.7 Å². The van der Waals surface area contributed by atoms with Gasteiger partial charge in [-0.25, -0.2) is 12.8 Å². The molecule has 0 fully saturated rings. The van der Waals surface area contributed by atoms with E-state index >= 15 is 0 Å². The predicted molar refractivity (Wildman–Crippen MR) is 78.1 cm³/mol. The number of hydrogen-bond donors (Lipinski definition) is 1. The summed E-state index contributed by atoms with van der Waals surface area (Å²) in [4.78, 5) is 0.00763. The fourth-order valence-corrected chi connectivity index (χ4v) is 2.64. The number of rotatable bonds is 3. The first-order valence-electron chi connectivity index (χ1n) is 5.60. The van der Waals surface area contributed by atoms with E-state index in [-0.39, 0.29) is 22.1 Å². The number of anilines is 1. The summed E-state index contributed by atoms with van der Waals surface area (Å²) in [6.07, 6.45) is 1.03. The van der Waals surface area contributed by atoms with E-state index in [1.807, 2.05) is 0 Å². The molecule has 0 amide bonds. The van der Waals surface area contributed by atoms with Crippen molar-refractivity contribution in [1.82, 2.24) is 0 Å². The van der Waals surface area contributed by atoms with Crippen LogP contribution in [0.2, 0.25) is 0 Å². The molecule has 0 atom stereocenters. The van der Waals surface area contributed by atoms with Crippen molar-refractivity contribution in [3.8, 4) is 11.5 Å². The lowest BCUT2D eigenvalue weighted by Gasteiger charge is -2.11. The molecule has 0 saturated heterocycles. The van der Waals surface area contributed by atoms with Crippen LogP contribution < -0.4 is 10.5 Å². The van der Waals surface area contributed by atoms with Gasteiger partial charge in [-0.1, -0.05) is 15.9 Å². The zero-order valence-electron chi connectivity index (χ0n) is 10.7. The first kappa shape index (κ1) is 15.7. The molecular formula is C13H10BrF2NO3S. The van der Waals surface area contributed by atoms with Crippen LogP contribution in [0, 0.1) is 11.6 Å². The van der Waals surface area contributed by atoms with Crippen LogP contribution in [0.3, 0.4) is 0 Å². The van der Waals surface area contributed by atoms with Gasteiger partial charge in [0.25, 0.3) is 0 Å². The van der Waals surface area contributed by atoms with Crippen molar-refractivity contribution < 1.29 is 21.9 Å². The third-order valence-electron chi connectivity index (χ3n) is 2.59. The largest absolute Gasteiger partial charge is 0.452 e. The van der Waals surface area contributed by atoms with E-state index in [0.717, 1.165) is 12.3 Å². The van der Waals surface area contributed by atoms with E-state index in [2.05, 4.69) is 15.9 Å². The summed E-state index contributed by atoms with van der Waals surface area (Å²) in [5.74, 6) is -2.57. The van der Waals surface area contributed by atoms with Crippen LogP contribution >= 0.6 is 15.9 Å². The van der Waals surface area contributed by atoms with E-state index < -0.39 is 21.5 Å². The van der Waals surface area contributed by atoms with Gasteiger partial charge in [0.05, 0.1) is 10.6 Å². The van der Waals surface area contributed by atoms with Crippen LogP contribution in [0.4, 0.5) is 14.5 Å². The second kappa shape index (κ2) is 5.61. The molecule has 0 aliphatic heterocycles. The van der Waals surface area contributed by atoms with Gasteiger partial charge in [0, 0.05) is 10.7 Å². The van der Waals surface area contributed by atoms with Crippen LogP contribution in [-0.4, -0.2) is 14.7 Å². The molecule has 0 saturated carbocycles. The molecule has 0 aliphatic carbocycles. The number of hydrogen-bond acceptors (Lipinski definition) is 4. The summed E-state index contributed by atoms with van der Waals surface area (Å²) in [6, 6.07) is 5.94. The van der Waals surface area contributed by atoms with Gasteiger partial charge in [0.2, 0.25) is 5.82 Å². The molecule has 0 heterocycles. The monoisotopic (exact) mass is 377 g/mol. The lowest BCUT2D eigenvalue weighted by atomic mass is 10.3. The Kier molecular flexibility index (Phi) is 4.20. The van der Waals surface area contributed by atoms with Crippen LogP contribution in [0.25, 0.3) is 0 Å². The highest BCUT2D eigenvalue weighted by atomic mass is 79.9. The van der Waals surface area contributed by atoms with Crippen molar-refractivity contribution >= 4 is 31.5 Å². The summed E-state index contributed by atoms with van der Waals surface area (Å²) in [6.45, 7) is 0. The topological polar surface area (TPSA) is 69.4 Å². The maximum atomic E-state index is 13.6. The van der Waals surface area contributed by atoms with Crippen molar-refractivity contribution in [1.29, 1.82) is 0 Å². The van der Waals surface area contributed by atoms with E-state index in [9.17, 15) is 17.2 Å². The maximum Gasteiger partial charge on any atom is 0.201 e. The summed E-state index contributed by atoms with van der Waals surface area (Å²) in [5.41, 5.74) is 5.67. The normalized spacial score (nSPS) is 11.4. The Morgan fingerprint density at radius 3 is 2.38 bits per heavy atom. The Morgan fingerprint density at radius 2 is 1.81 bits per heavy atom. The number of sulfone groups is 1. The molecule has 2 aromatic rings. The number of nitrogens with two attached hydrogens (primary N) is 1. The molecule has 0 unspecified atom stereocenters. The number of ether oxygens (including phenoxy) is 1. The van der Waals surface area contributed by atoms with Crippen molar-refractivity contribution in [2.75, 3.05) is 12.0 Å². The van der Waals surface area contributed by atoms with E-state index in [0.29, 0.717) is 4.47 Å². The minimum Gasteiger partial charge on any atom is -0.452 e. The van der Waals surface area contributed by atoms with Crippen LogP contribution in [0.1, 0.15) is 0 Å². The lowest BCUT2D eigenvalue weighted by molar-refractivity contribution is 0.416. The molecule has 0 aliphatic rings. The molecule has 0 radical (unpaired) electrons. The van der Waals surface area contributed by atoms with Gasteiger partial charge in [-0.3, -0.25) is 0 Å². The molecule has 4 nitrogen and oxygen atoms in total. The van der Waals surface area contributed by atoms with E-state index in [4.69, 9.17) is 10.5 Å². The Hall–Kier alpha value is -1.67. The van der Waals surface area contributed by atoms with Crippen LogP contribution in [-0.2, 0) is 9.84 Å². The number of halogens is 3. The highest BCUT2D eigenvalue weighted by Gasteiger charge is 2.15. The fraction of sp³-hybridized carbons (Fsp3) is 0.0769. The standard InChI is InChI=1S/C13H10BrF2NO3S/c1-21(18,19)8-2-3-11(10(17)6-8)20-12-5-7(14)4-9(15)13(12)16/h2-6H,17H2,1H3. The SMILES string of the molecule is CS(=O)(=O)c1ccc(Oc2cc(Br)cc(F)c2F)c(N)c1. The molecule has 2 rings (SSSR count). The van der Waals surface area contributed by atoms with Gasteiger partial charge in [0.15, 0.2) is 27.2 Å². The first-order chi connectivity index (χ1) is 9.68. The first-order valence-corrected chi connectivity index (χ1v) is 8.29. The maximum absolute atomic E-state index is 13.6. The van der Waals surface area contributed by atoms with Crippen molar-refractivity contribution in [3.63, 3.8) is 0 Å². The van der Waals surface area contributed by atoms with Crippen molar-refractivity contribution in [3.05, 3.63) is 46.4 Å². The molecule has 0 spiro atoms. The smallest absolute Gasteiger partial charge is 0.201 e. The Labute approximate surface area is 128 Å². The Bertz CT molecular complexity index is 809. The number of benzene rings is 2. The summed E-state index contributed by atoms with van der Waals surface area (Å²) < 4.78 is 55.1. The van der Waals surface area contributed by atoms with Crippen molar-refractivity contribution in [2.45, 2.75) is 4.90 Å². The predicted octanol–water partition coefficient (Wildman–Crippen LogP) is 3.51. The van der Waals surface area contributed by atoms with Crippen LogP contribution in [0.5, 0.6) is 11.5 Å². The van der Waals surface area contributed by atoms with Gasteiger partial charge >= 0.3 is 0 Å². The van der Waals surface area contributed by atoms with E-state index in [1.54, 1.807) is 0 Å². The molecule has 8 heteroatoms. The lowest BCUT2D eigenvalue weighted by Crippen LogP contribution is -2.00. The minimum absolute atomic E-state index is 0.00212. The summed E-state index contributed by atoms with van der Waals surface area (Å²) in [5, 5.41) is 0. The zero-order valence-corrected chi connectivity index (χ0v) is 13.1. The van der Waals surface area contributed by atoms with Gasteiger partial charge in [-0.15, -0.1) is 0 Å². The van der Waals surface area contributed by atoms with Crippen molar-refractivity contribution in [2.24, 2.45) is 0 Å². The quantitative estimate of drug-likeness (QED) is 0.656. The summed E-state index contributed by atoms with van der Waals surface area (Å²) in [7, 11) is -3.41. The van der Waals surface area contributed by atoms with Gasteiger partial charge in [0.1, 0.15) is 0 Å². The molecule has 0 bridgehead atoms.